The molecular weight excluding hydrogens is 344 g/mol. The summed E-state index contributed by atoms with van der Waals surface area (Å²) in [6, 6.07) is 5.03. The number of nitrogens with zero attached hydrogens (tertiary/aromatic N) is 2. The van der Waals surface area contributed by atoms with Crippen LogP contribution in [0.4, 0.5) is 0 Å². The largest absolute Gasteiger partial charge is 0.360 e. The van der Waals surface area contributed by atoms with Gasteiger partial charge in [0.05, 0.1) is 10.5 Å². The van der Waals surface area contributed by atoms with Crippen molar-refractivity contribution >= 4 is 46.5 Å². The Hall–Kier alpha value is -0.363. The van der Waals surface area contributed by atoms with Crippen LogP contribution in [0.15, 0.2) is 22.8 Å². The molecule has 0 radical (unpaired) electrons. The first-order chi connectivity index (χ1) is 8.87. The van der Waals surface area contributed by atoms with Crippen molar-refractivity contribution in [1.82, 2.24) is 9.78 Å². The first kappa shape index (κ1) is 15.0. The highest BCUT2D eigenvalue weighted by Crippen LogP contribution is 2.30. The van der Waals surface area contributed by atoms with Crippen LogP contribution in [-0.2, 0) is 11.5 Å². The third-order valence-corrected chi connectivity index (χ3v) is 5.84. The second-order valence-electron chi connectivity index (χ2n) is 5.81. The molecule has 2 aromatic rings. The topological polar surface area (TPSA) is 27.1 Å². The molecule has 104 valence electrons. The van der Waals surface area contributed by atoms with Crippen LogP contribution in [0.25, 0.3) is 10.9 Å². The van der Waals surface area contributed by atoms with Gasteiger partial charge in [-0.15, -0.1) is 0 Å². The molecule has 6 heteroatoms. The Morgan fingerprint density at radius 3 is 2.79 bits per heavy atom. The number of rotatable bonds is 5. The summed E-state index contributed by atoms with van der Waals surface area (Å²) in [5.41, 5.74) is 0.891. The Balaban J connectivity index is 2.00. The molecule has 0 unspecified atom stereocenters. The van der Waals surface area contributed by atoms with Gasteiger partial charge >= 0.3 is 0 Å². The van der Waals surface area contributed by atoms with E-state index in [9.17, 15) is 0 Å². The van der Waals surface area contributed by atoms with E-state index in [-0.39, 0.29) is 0 Å². The van der Waals surface area contributed by atoms with Crippen molar-refractivity contribution in [2.45, 2.75) is 32.4 Å². The second kappa shape index (κ2) is 5.95. The third kappa shape index (κ3) is 4.05. The summed E-state index contributed by atoms with van der Waals surface area (Å²) in [5, 5.41) is 6.10. The lowest BCUT2D eigenvalue weighted by Gasteiger charge is -2.15. The third-order valence-electron chi connectivity index (χ3n) is 2.84. The molecule has 0 atom stereocenters. The lowest BCUT2D eigenvalue weighted by atomic mass is 10.3. The fourth-order valence-corrected chi connectivity index (χ4v) is 3.00. The predicted molar refractivity (Wildman–Crippen MR) is 86.5 cm³/mol. The predicted octanol–water partition coefficient (Wildman–Crippen LogP) is 4.76. The van der Waals surface area contributed by atoms with Crippen LogP contribution in [0.3, 0.4) is 0 Å². The van der Waals surface area contributed by atoms with Gasteiger partial charge in [-0.25, -0.2) is 4.68 Å². The SMILES string of the molecule is C[Si](C)(C)CCOCn1cc2c(Cl)c(Br)ccc2n1. The molecule has 0 bridgehead atoms. The van der Waals surface area contributed by atoms with Crippen molar-refractivity contribution in [2.75, 3.05) is 6.61 Å². The van der Waals surface area contributed by atoms with Crippen LogP contribution < -0.4 is 0 Å². The minimum Gasteiger partial charge on any atom is -0.360 e. The highest BCUT2D eigenvalue weighted by molar-refractivity contribution is 9.10. The molecule has 0 aliphatic carbocycles. The van der Waals surface area contributed by atoms with Gasteiger partial charge < -0.3 is 4.74 Å². The number of ether oxygens (including phenoxy) is 1. The van der Waals surface area contributed by atoms with Crippen LogP contribution in [0.2, 0.25) is 30.7 Å². The molecule has 1 aromatic carbocycles. The Kier molecular flexibility index (Phi) is 4.71. The van der Waals surface area contributed by atoms with Crippen LogP contribution in [0.5, 0.6) is 0 Å². The van der Waals surface area contributed by atoms with E-state index < -0.39 is 8.07 Å². The monoisotopic (exact) mass is 360 g/mol. The summed E-state index contributed by atoms with van der Waals surface area (Å²) in [4.78, 5) is 0. The van der Waals surface area contributed by atoms with Gasteiger partial charge in [0.15, 0.2) is 0 Å². The summed E-state index contributed by atoms with van der Waals surface area (Å²) in [6.45, 7) is 8.30. The van der Waals surface area contributed by atoms with E-state index in [0.717, 1.165) is 22.0 Å². The first-order valence-corrected chi connectivity index (χ1v) is 11.1. The molecule has 19 heavy (non-hydrogen) atoms. The van der Waals surface area contributed by atoms with E-state index in [2.05, 4.69) is 40.7 Å². The molecule has 0 fully saturated rings. The molecule has 0 aliphatic heterocycles. The van der Waals surface area contributed by atoms with Crippen LogP contribution in [0, 0.1) is 0 Å². The number of halogens is 2. The van der Waals surface area contributed by atoms with Gasteiger partial charge in [-0.2, -0.15) is 5.10 Å². The number of aromatic nitrogens is 2. The maximum Gasteiger partial charge on any atom is 0.139 e. The second-order valence-corrected chi connectivity index (χ2v) is 12.7. The van der Waals surface area contributed by atoms with Gasteiger partial charge in [-0.05, 0) is 34.1 Å². The van der Waals surface area contributed by atoms with Gasteiger partial charge in [0, 0.05) is 30.7 Å². The molecule has 0 aliphatic rings. The van der Waals surface area contributed by atoms with Gasteiger partial charge in [-0.1, -0.05) is 31.2 Å². The van der Waals surface area contributed by atoms with E-state index in [4.69, 9.17) is 16.3 Å². The Labute approximate surface area is 128 Å². The number of hydrogen-bond acceptors (Lipinski definition) is 2. The van der Waals surface area contributed by atoms with Gasteiger partial charge in [0.25, 0.3) is 0 Å². The molecule has 3 nitrogen and oxygen atoms in total. The highest BCUT2D eigenvalue weighted by Gasteiger charge is 2.12. The van der Waals surface area contributed by atoms with E-state index in [1.165, 1.54) is 6.04 Å². The lowest BCUT2D eigenvalue weighted by Crippen LogP contribution is -2.22. The van der Waals surface area contributed by atoms with E-state index in [1.807, 2.05) is 18.3 Å². The molecule has 1 aromatic heterocycles. The van der Waals surface area contributed by atoms with E-state index in [0.29, 0.717) is 11.8 Å². The highest BCUT2D eigenvalue weighted by atomic mass is 79.9. The van der Waals surface area contributed by atoms with E-state index >= 15 is 0 Å². The summed E-state index contributed by atoms with van der Waals surface area (Å²) < 4.78 is 8.36. The van der Waals surface area contributed by atoms with Crippen molar-refractivity contribution < 1.29 is 4.74 Å². The molecule has 0 spiro atoms. The smallest absolute Gasteiger partial charge is 0.139 e. The Morgan fingerprint density at radius 1 is 1.37 bits per heavy atom. The van der Waals surface area contributed by atoms with Gasteiger partial charge in [0.2, 0.25) is 0 Å². The number of hydrogen-bond donors (Lipinski definition) is 0. The molecule has 0 amide bonds. The van der Waals surface area contributed by atoms with Crippen molar-refractivity contribution in [3.63, 3.8) is 0 Å². The molecule has 0 saturated carbocycles. The zero-order chi connectivity index (χ0) is 14.0. The fourth-order valence-electron chi connectivity index (χ4n) is 1.68. The quantitative estimate of drug-likeness (QED) is 0.567. The molecular formula is C13H18BrClN2OSi. The number of benzene rings is 1. The maximum absolute atomic E-state index is 6.23. The Bertz CT molecular complexity index is 580. The van der Waals surface area contributed by atoms with E-state index in [1.54, 1.807) is 4.68 Å². The summed E-state index contributed by atoms with van der Waals surface area (Å²) in [7, 11) is -1.03. The lowest BCUT2D eigenvalue weighted by molar-refractivity contribution is 0.0791. The summed E-state index contributed by atoms with van der Waals surface area (Å²) in [6.07, 6.45) is 1.93. The molecule has 1 heterocycles. The first-order valence-electron chi connectivity index (χ1n) is 6.26. The molecule has 2 rings (SSSR count). The minimum absolute atomic E-state index is 0.479. The minimum atomic E-state index is -1.03. The fraction of sp³-hybridized carbons (Fsp3) is 0.462. The zero-order valence-electron chi connectivity index (χ0n) is 11.4. The van der Waals surface area contributed by atoms with Crippen molar-refractivity contribution in [3.05, 3.63) is 27.8 Å². The molecule has 0 N–H and O–H groups in total. The zero-order valence-corrected chi connectivity index (χ0v) is 14.8. The van der Waals surface area contributed by atoms with Crippen molar-refractivity contribution in [2.24, 2.45) is 0 Å². The van der Waals surface area contributed by atoms with Gasteiger partial charge in [-0.3, -0.25) is 0 Å². The van der Waals surface area contributed by atoms with Crippen molar-refractivity contribution in [1.29, 1.82) is 0 Å². The normalized spacial score (nSPS) is 12.3. The molecule has 0 saturated heterocycles. The average molecular weight is 362 g/mol. The van der Waals surface area contributed by atoms with Crippen LogP contribution in [-0.4, -0.2) is 24.5 Å². The van der Waals surface area contributed by atoms with Gasteiger partial charge in [0.1, 0.15) is 6.73 Å². The van der Waals surface area contributed by atoms with Crippen LogP contribution in [0.1, 0.15) is 0 Å². The van der Waals surface area contributed by atoms with Crippen LogP contribution >= 0.6 is 27.5 Å². The Morgan fingerprint density at radius 2 is 2.11 bits per heavy atom. The standard InChI is InChI=1S/C13H18BrClN2OSi/c1-19(2,3)7-6-18-9-17-8-10-12(16-17)5-4-11(14)13(10)15/h4-5,8H,6-7,9H2,1-3H3. The maximum atomic E-state index is 6.23. The number of fused-ring (bicyclic) bond motifs is 1. The van der Waals surface area contributed by atoms with Crippen molar-refractivity contribution in [3.8, 4) is 0 Å². The average Bonchev–Trinajstić information content (AvgIpc) is 2.72. The summed E-state index contributed by atoms with van der Waals surface area (Å²) in [5.74, 6) is 0. The summed E-state index contributed by atoms with van der Waals surface area (Å²) >= 11 is 9.64.